The minimum Gasteiger partial charge on any atom is -0.390 e. The van der Waals surface area contributed by atoms with Crippen LogP contribution < -0.4 is 11.4 Å². The van der Waals surface area contributed by atoms with Crippen LogP contribution in [0.1, 0.15) is 43.7 Å². The summed E-state index contributed by atoms with van der Waals surface area (Å²) in [5.74, 6) is -3.33. The molecule has 43 heavy (non-hydrogen) atoms. The van der Waals surface area contributed by atoms with Crippen LogP contribution in [-0.2, 0) is 34.3 Å². The number of ether oxygens (including phenoxy) is 2. The molecule has 1 aromatic carbocycles. The second-order valence-electron chi connectivity index (χ2n) is 10.3. The topological polar surface area (TPSA) is 284 Å². The number of rotatable bonds is 14. The average Bonchev–Trinajstić information content (AvgIpc) is 3.22. The number of aliphatic hydroxyl groups excluding tert-OH is 1. The molecule has 2 heterocycles. The molecule has 6 atom stereocenters. The van der Waals surface area contributed by atoms with Crippen molar-refractivity contribution >= 4 is 34.1 Å². The monoisotopic (exact) mass is 670 g/mol. The molecule has 18 nitrogen and oxygen atoms in total. The van der Waals surface area contributed by atoms with Crippen molar-refractivity contribution in [2.75, 3.05) is 24.1 Å². The van der Waals surface area contributed by atoms with Crippen molar-refractivity contribution in [1.29, 1.82) is 0 Å². The van der Waals surface area contributed by atoms with Crippen LogP contribution in [0.15, 0.2) is 35.3 Å². The number of anilines is 1. The lowest BCUT2D eigenvalue weighted by atomic mass is 9.97. The van der Waals surface area contributed by atoms with Gasteiger partial charge in [-0.2, -0.15) is 4.98 Å². The summed E-state index contributed by atoms with van der Waals surface area (Å²) in [4.78, 5) is 64.8. The van der Waals surface area contributed by atoms with E-state index in [0.29, 0.717) is 5.56 Å². The SMILES string of the molecule is CC(C)[C@H](OCc1cn([C@H]2C[C@@H](O)[C@@H](COP(=O)(O)CP(=O)(O)CP(=O)(O)O)O2)c(=O)nc1N)c1ccccc1[N+](=O)[O-]. The molecule has 1 aliphatic heterocycles. The highest BCUT2D eigenvalue weighted by atomic mass is 31.3. The maximum absolute atomic E-state index is 12.6. The summed E-state index contributed by atoms with van der Waals surface area (Å²) in [6.45, 7) is 2.64. The van der Waals surface area contributed by atoms with Crippen LogP contribution in [0, 0.1) is 16.0 Å². The summed E-state index contributed by atoms with van der Waals surface area (Å²) >= 11 is 0. The van der Waals surface area contributed by atoms with Gasteiger partial charge < -0.3 is 44.4 Å². The summed E-state index contributed by atoms with van der Waals surface area (Å²) in [6.07, 6.45) is -3.39. The fourth-order valence-electron chi connectivity index (χ4n) is 4.43. The minimum atomic E-state index is -4.96. The number of para-hydroxylation sites is 1. The molecule has 0 spiro atoms. The lowest BCUT2D eigenvalue weighted by molar-refractivity contribution is -0.386. The number of nitro benzene ring substituents is 1. The van der Waals surface area contributed by atoms with Crippen LogP contribution in [-0.4, -0.2) is 69.8 Å². The van der Waals surface area contributed by atoms with Gasteiger partial charge in [0.2, 0.25) is 7.37 Å². The molecular weight excluding hydrogens is 637 g/mol. The third kappa shape index (κ3) is 9.83. The molecule has 240 valence electrons. The molecule has 1 fully saturated rings. The van der Waals surface area contributed by atoms with Gasteiger partial charge in [-0.15, -0.1) is 0 Å². The quantitative estimate of drug-likeness (QED) is 0.0950. The Morgan fingerprint density at radius 2 is 1.84 bits per heavy atom. The first-order chi connectivity index (χ1) is 19.8. The van der Waals surface area contributed by atoms with Crippen molar-refractivity contribution < 1.29 is 57.3 Å². The molecule has 2 unspecified atom stereocenters. The predicted octanol–water partition coefficient (Wildman–Crippen LogP) is 1.86. The number of aromatic nitrogens is 2. The first-order valence-corrected chi connectivity index (χ1v) is 18.3. The van der Waals surface area contributed by atoms with Gasteiger partial charge in [-0.05, 0) is 12.0 Å². The van der Waals surface area contributed by atoms with E-state index in [2.05, 4.69) is 4.98 Å². The number of hydrogen-bond donors (Lipinski definition) is 6. The summed E-state index contributed by atoms with van der Waals surface area (Å²) in [7, 11) is -14.6. The normalized spacial score (nSPS) is 22.7. The largest absolute Gasteiger partial charge is 0.390 e. The van der Waals surface area contributed by atoms with Crippen molar-refractivity contribution in [1.82, 2.24) is 9.55 Å². The van der Waals surface area contributed by atoms with Crippen LogP contribution in [0.25, 0.3) is 0 Å². The van der Waals surface area contributed by atoms with Gasteiger partial charge in [0.05, 0.1) is 35.9 Å². The maximum Gasteiger partial charge on any atom is 0.351 e. The van der Waals surface area contributed by atoms with Gasteiger partial charge in [0.15, 0.2) is 0 Å². The van der Waals surface area contributed by atoms with E-state index >= 15 is 0 Å². The van der Waals surface area contributed by atoms with Gasteiger partial charge in [0, 0.05) is 24.2 Å². The van der Waals surface area contributed by atoms with Gasteiger partial charge in [-0.1, -0.05) is 26.0 Å². The molecule has 0 amide bonds. The Morgan fingerprint density at radius 1 is 1.19 bits per heavy atom. The van der Waals surface area contributed by atoms with Gasteiger partial charge in [0.1, 0.15) is 30.0 Å². The third-order valence-electron chi connectivity index (χ3n) is 6.28. The van der Waals surface area contributed by atoms with Gasteiger partial charge in [0.25, 0.3) is 5.69 Å². The first kappa shape index (κ1) is 35.2. The van der Waals surface area contributed by atoms with E-state index in [1.54, 1.807) is 12.1 Å². The Kier molecular flexibility index (Phi) is 11.2. The van der Waals surface area contributed by atoms with Gasteiger partial charge in [-0.3, -0.25) is 28.4 Å². The van der Waals surface area contributed by atoms with Crippen LogP contribution >= 0.6 is 22.6 Å². The van der Waals surface area contributed by atoms with Crippen molar-refractivity contribution in [3.8, 4) is 0 Å². The Labute approximate surface area is 244 Å². The lowest BCUT2D eigenvalue weighted by Gasteiger charge is -2.23. The van der Waals surface area contributed by atoms with E-state index < -0.39 is 76.1 Å². The van der Waals surface area contributed by atoms with Crippen molar-refractivity contribution in [2.24, 2.45) is 5.92 Å². The van der Waals surface area contributed by atoms with Crippen molar-refractivity contribution in [3.63, 3.8) is 0 Å². The van der Waals surface area contributed by atoms with E-state index in [-0.39, 0.29) is 36.0 Å². The molecule has 1 aliphatic rings. The molecule has 2 aromatic rings. The number of aliphatic hydroxyl groups is 1. The zero-order valence-electron chi connectivity index (χ0n) is 23.0. The van der Waals surface area contributed by atoms with E-state index in [0.717, 1.165) is 4.57 Å². The number of nitrogens with zero attached hydrogens (tertiary/aromatic N) is 3. The number of hydrogen-bond acceptors (Lipinski definition) is 12. The molecule has 1 aromatic heterocycles. The number of benzene rings is 1. The fourth-order valence-corrected chi connectivity index (χ4v) is 10.8. The second-order valence-corrected chi connectivity index (χ2v) is 17.1. The summed E-state index contributed by atoms with van der Waals surface area (Å²) in [5, 5.41) is 22.0. The van der Waals surface area contributed by atoms with Gasteiger partial charge in [-0.25, -0.2) is 4.79 Å². The lowest BCUT2D eigenvalue weighted by Crippen LogP contribution is -2.29. The number of nitrogens with two attached hydrogens (primary N) is 1. The highest BCUT2D eigenvalue weighted by Gasteiger charge is 2.41. The summed E-state index contributed by atoms with van der Waals surface area (Å²) < 4.78 is 52.7. The predicted molar refractivity (Wildman–Crippen MR) is 150 cm³/mol. The van der Waals surface area contributed by atoms with E-state index in [1.165, 1.54) is 18.3 Å². The third-order valence-corrected chi connectivity index (χ3v) is 13.3. The Morgan fingerprint density at radius 3 is 2.44 bits per heavy atom. The standard InChI is InChI=1S/C22H33N4O14P3/c1-13(2)20(15-5-3-4-6-16(15)26(29)30)38-9-14-8-25(22(28)24-21(14)23)19-7-17(27)18(40-19)10-39-43(36,37)12-41(31,32)11-42(33,34)35/h3-6,8,13,17-20,27H,7,9-12H2,1-2H3,(H,31,32)(H,36,37)(H2,23,24,28)(H2,33,34,35)/t17-,18-,19-,20+/m1/s1. The molecule has 3 rings (SSSR count). The maximum atomic E-state index is 12.6. The van der Waals surface area contributed by atoms with Crippen LogP contribution in [0.4, 0.5) is 11.5 Å². The van der Waals surface area contributed by atoms with Crippen molar-refractivity contribution in [3.05, 3.63) is 62.2 Å². The Bertz CT molecular complexity index is 1530. The smallest absolute Gasteiger partial charge is 0.351 e. The van der Waals surface area contributed by atoms with E-state index in [1.807, 2.05) is 13.8 Å². The summed E-state index contributed by atoms with van der Waals surface area (Å²) in [5.41, 5.74) is 5.52. The van der Waals surface area contributed by atoms with Crippen molar-refractivity contribution in [2.45, 2.75) is 51.4 Å². The first-order valence-electron chi connectivity index (χ1n) is 12.7. The Hall–Kier alpha value is -2.33. The van der Waals surface area contributed by atoms with Gasteiger partial charge >= 0.3 is 20.9 Å². The highest BCUT2D eigenvalue weighted by molar-refractivity contribution is 7.79. The minimum absolute atomic E-state index is 0.130. The summed E-state index contributed by atoms with van der Waals surface area (Å²) in [6, 6.07) is 6.10. The zero-order chi connectivity index (χ0) is 32.3. The zero-order valence-corrected chi connectivity index (χ0v) is 25.7. The molecule has 7 N–H and O–H groups in total. The highest BCUT2D eigenvalue weighted by Crippen LogP contribution is 2.63. The number of nitrogen functional groups attached to an aromatic ring is 1. The Balaban J connectivity index is 1.72. The van der Waals surface area contributed by atoms with E-state index in [4.69, 9.17) is 29.5 Å². The molecule has 0 aliphatic carbocycles. The van der Waals surface area contributed by atoms with Crippen LogP contribution in [0.5, 0.6) is 0 Å². The second kappa shape index (κ2) is 13.8. The molecule has 0 saturated carbocycles. The van der Waals surface area contributed by atoms with Crippen LogP contribution in [0.3, 0.4) is 0 Å². The van der Waals surface area contributed by atoms with Crippen LogP contribution in [0.2, 0.25) is 0 Å². The van der Waals surface area contributed by atoms with E-state index in [9.17, 15) is 43.5 Å². The molecule has 0 bridgehead atoms. The molecular formula is C22H33N4O14P3. The molecule has 21 heteroatoms. The molecule has 0 radical (unpaired) electrons. The number of nitro groups is 1. The molecule has 1 saturated heterocycles. The average molecular weight is 670 g/mol. The fraction of sp³-hybridized carbons (Fsp3) is 0.545.